The van der Waals surface area contributed by atoms with Crippen LogP contribution in [-0.4, -0.2) is 19.5 Å². The van der Waals surface area contributed by atoms with E-state index in [9.17, 15) is 4.39 Å². The lowest BCUT2D eigenvalue weighted by atomic mass is 10.2. The number of hydrogen-bond donors (Lipinski definition) is 0. The average Bonchev–Trinajstić information content (AvgIpc) is 3.08. The zero-order valence-corrected chi connectivity index (χ0v) is 15.5. The lowest BCUT2D eigenvalue weighted by Gasteiger charge is -2.12. The fourth-order valence-electron chi connectivity index (χ4n) is 2.69. The molecule has 0 aromatic heterocycles. The first-order valence-electron chi connectivity index (χ1n) is 8.14. The van der Waals surface area contributed by atoms with E-state index in [1.807, 2.05) is 10.6 Å². The van der Waals surface area contributed by atoms with Crippen LogP contribution in [0.1, 0.15) is 17.0 Å². The maximum atomic E-state index is 13.0. The Morgan fingerprint density at radius 2 is 1.70 bits per heavy atom. The second-order valence-electron chi connectivity index (χ2n) is 5.90. The van der Waals surface area contributed by atoms with Gasteiger partial charge in [0.25, 0.3) is 0 Å². The van der Waals surface area contributed by atoms with Gasteiger partial charge in [-0.1, -0.05) is 47.5 Å². The van der Waals surface area contributed by atoms with Gasteiger partial charge in [0.2, 0.25) is 0 Å². The summed E-state index contributed by atoms with van der Waals surface area (Å²) < 4.78 is 14.8. The molecule has 0 unspecified atom stereocenters. The molecule has 7 heteroatoms. The van der Waals surface area contributed by atoms with Crippen LogP contribution in [0.25, 0.3) is 23.7 Å². The van der Waals surface area contributed by atoms with E-state index in [1.54, 1.807) is 48.9 Å². The molecule has 0 fully saturated rings. The van der Waals surface area contributed by atoms with Gasteiger partial charge >= 0.3 is 0 Å². The van der Waals surface area contributed by atoms with Gasteiger partial charge in [-0.25, -0.2) is 19.3 Å². The van der Waals surface area contributed by atoms with Gasteiger partial charge < -0.3 is 4.57 Å². The van der Waals surface area contributed by atoms with Crippen LogP contribution in [0.5, 0.6) is 0 Å². The van der Waals surface area contributed by atoms with E-state index < -0.39 is 0 Å². The van der Waals surface area contributed by atoms with Crippen LogP contribution < -0.4 is 0 Å². The molecule has 0 saturated heterocycles. The number of aromatic nitrogens is 4. The average molecular weight is 399 g/mol. The number of fused-ring (bicyclic) bond motifs is 1. The molecule has 2 aromatic carbocycles. The standard InChI is InChI=1S/C20H13Cl2FN4/c21-16-2-1-3-17(22)15(16)11-27-12-24-10-18-20(27)26-19(25-18)9-6-13-4-7-14(23)8-5-13/h1-10,12H,11H2/b9-6+. The van der Waals surface area contributed by atoms with E-state index in [1.165, 1.54) is 12.1 Å². The van der Waals surface area contributed by atoms with Crippen LogP contribution in [0, 0.1) is 5.82 Å². The molecule has 2 heterocycles. The first-order valence-corrected chi connectivity index (χ1v) is 8.90. The highest BCUT2D eigenvalue weighted by atomic mass is 35.5. The summed E-state index contributed by atoms with van der Waals surface area (Å²) in [5, 5.41) is 1.17. The Morgan fingerprint density at radius 1 is 0.963 bits per heavy atom. The first-order chi connectivity index (χ1) is 13.1. The van der Waals surface area contributed by atoms with Gasteiger partial charge in [0.1, 0.15) is 11.5 Å². The minimum Gasteiger partial charge on any atom is -0.311 e. The lowest BCUT2D eigenvalue weighted by Crippen LogP contribution is -2.07. The van der Waals surface area contributed by atoms with Crippen molar-refractivity contribution in [3.63, 3.8) is 0 Å². The fourth-order valence-corrected chi connectivity index (χ4v) is 3.21. The summed E-state index contributed by atoms with van der Waals surface area (Å²) in [6, 6.07) is 11.6. The zero-order chi connectivity index (χ0) is 18.8. The predicted molar refractivity (Wildman–Crippen MR) is 105 cm³/mol. The molecule has 2 aliphatic heterocycles. The molecule has 0 radical (unpaired) electrons. The van der Waals surface area contributed by atoms with Crippen molar-refractivity contribution in [1.82, 2.24) is 19.5 Å². The summed E-state index contributed by atoms with van der Waals surface area (Å²) in [5.74, 6) is 0.953. The minimum atomic E-state index is -0.271. The van der Waals surface area contributed by atoms with Crippen molar-refractivity contribution in [3.05, 3.63) is 87.8 Å². The highest BCUT2D eigenvalue weighted by Gasteiger charge is 2.15. The van der Waals surface area contributed by atoms with Crippen LogP contribution >= 0.6 is 23.2 Å². The summed E-state index contributed by atoms with van der Waals surface area (Å²) in [4.78, 5) is 13.3. The summed E-state index contributed by atoms with van der Waals surface area (Å²) in [5.41, 5.74) is 2.32. The van der Waals surface area contributed by atoms with Crippen LogP contribution in [0.4, 0.5) is 4.39 Å². The molecule has 2 aliphatic rings. The molecule has 0 bridgehead atoms. The summed E-state index contributed by atoms with van der Waals surface area (Å²) in [6.45, 7) is 0.433. The van der Waals surface area contributed by atoms with Gasteiger partial charge in [-0.3, -0.25) is 0 Å². The molecular weight excluding hydrogens is 386 g/mol. The molecule has 0 atom stereocenters. The smallest absolute Gasteiger partial charge is 0.164 e. The zero-order valence-electron chi connectivity index (χ0n) is 14.0. The van der Waals surface area contributed by atoms with Gasteiger partial charge in [0, 0.05) is 15.6 Å². The monoisotopic (exact) mass is 398 g/mol. The van der Waals surface area contributed by atoms with E-state index in [0.717, 1.165) is 11.1 Å². The predicted octanol–water partition coefficient (Wildman–Crippen LogP) is 5.44. The summed E-state index contributed by atoms with van der Waals surface area (Å²) in [7, 11) is 0. The molecule has 0 spiro atoms. The van der Waals surface area contributed by atoms with Crippen LogP contribution in [0.2, 0.25) is 10.0 Å². The van der Waals surface area contributed by atoms with Crippen molar-refractivity contribution in [2.24, 2.45) is 0 Å². The van der Waals surface area contributed by atoms with E-state index in [2.05, 4.69) is 15.0 Å². The molecule has 4 nitrogen and oxygen atoms in total. The van der Waals surface area contributed by atoms with Gasteiger partial charge in [0.15, 0.2) is 11.6 Å². The molecule has 4 rings (SSSR count). The molecular formula is C20H13Cl2FN4. The molecule has 0 amide bonds. The Balaban J connectivity index is 1.65. The minimum absolute atomic E-state index is 0.271. The number of halogens is 3. The van der Waals surface area contributed by atoms with E-state index in [-0.39, 0.29) is 5.82 Å². The Kier molecular flexibility index (Phi) is 4.88. The molecule has 0 N–H and O–H groups in total. The van der Waals surface area contributed by atoms with E-state index >= 15 is 0 Å². The quantitative estimate of drug-likeness (QED) is 0.459. The lowest BCUT2D eigenvalue weighted by molar-refractivity contribution is 0.628. The van der Waals surface area contributed by atoms with Crippen molar-refractivity contribution in [1.29, 1.82) is 0 Å². The number of benzene rings is 2. The van der Waals surface area contributed by atoms with Gasteiger partial charge in [-0.05, 0) is 35.9 Å². The second kappa shape index (κ2) is 7.47. The van der Waals surface area contributed by atoms with Crippen molar-refractivity contribution in [3.8, 4) is 11.5 Å². The van der Waals surface area contributed by atoms with Gasteiger partial charge in [-0.15, -0.1) is 0 Å². The van der Waals surface area contributed by atoms with Crippen molar-refractivity contribution < 1.29 is 4.39 Å². The maximum absolute atomic E-state index is 13.0. The third-order valence-corrected chi connectivity index (χ3v) is 4.75. The number of hydrogen-bond acceptors (Lipinski definition) is 3. The Labute approximate surface area is 165 Å². The number of rotatable bonds is 4. The van der Waals surface area contributed by atoms with E-state index in [4.69, 9.17) is 23.2 Å². The van der Waals surface area contributed by atoms with E-state index in [0.29, 0.717) is 33.9 Å². The Hall–Kier alpha value is -2.76. The Bertz CT molecular complexity index is 1070. The molecule has 0 aliphatic carbocycles. The number of nitrogens with zero attached hydrogens (tertiary/aromatic N) is 4. The second-order valence-corrected chi connectivity index (χ2v) is 6.71. The first kappa shape index (κ1) is 17.6. The summed E-state index contributed by atoms with van der Waals surface area (Å²) >= 11 is 12.5. The SMILES string of the molecule is Fc1ccc(/C=C/c2nc3cncn(Cc4c(Cl)cccc4Cl)c-3n2)cc1. The third-order valence-electron chi connectivity index (χ3n) is 4.04. The molecule has 2 aromatic rings. The van der Waals surface area contributed by atoms with Crippen molar-refractivity contribution in [2.45, 2.75) is 6.54 Å². The van der Waals surface area contributed by atoms with Crippen molar-refractivity contribution in [2.75, 3.05) is 0 Å². The highest BCUT2D eigenvalue weighted by molar-refractivity contribution is 6.35. The summed E-state index contributed by atoms with van der Waals surface area (Å²) in [6.07, 6.45) is 6.93. The topological polar surface area (TPSA) is 43.6 Å². The fraction of sp³-hybridized carbons (Fsp3) is 0.0500. The molecule has 0 saturated carbocycles. The van der Waals surface area contributed by atoms with Crippen LogP contribution in [-0.2, 0) is 6.54 Å². The van der Waals surface area contributed by atoms with Crippen LogP contribution in [0.15, 0.2) is 55.0 Å². The van der Waals surface area contributed by atoms with Crippen LogP contribution in [0.3, 0.4) is 0 Å². The maximum Gasteiger partial charge on any atom is 0.164 e. The Morgan fingerprint density at radius 3 is 2.44 bits per heavy atom. The largest absolute Gasteiger partial charge is 0.311 e. The van der Waals surface area contributed by atoms with Gasteiger partial charge in [0.05, 0.1) is 19.1 Å². The van der Waals surface area contributed by atoms with Crippen molar-refractivity contribution >= 4 is 35.4 Å². The third kappa shape index (κ3) is 3.84. The number of imidazole rings is 1. The molecule has 134 valence electrons. The van der Waals surface area contributed by atoms with Gasteiger partial charge in [-0.2, -0.15) is 0 Å². The normalized spacial score (nSPS) is 11.5. The highest BCUT2D eigenvalue weighted by Crippen LogP contribution is 2.27. The molecule has 27 heavy (non-hydrogen) atoms.